The van der Waals surface area contributed by atoms with Gasteiger partial charge in [-0.2, -0.15) is 0 Å². The zero-order valence-corrected chi connectivity index (χ0v) is 11.6. The van der Waals surface area contributed by atoms with Crippen LogP contribution in [0.1, 0.15) is 10.4 Å². The first kappa shape index (κ1) is 13.3. The highest BCUT2D eigenvalue weighted by molar-refractivity contribution is 7.15. The van der Waals surface area contributed by atoms with Gasteiger partial charge in [-0.1, -0.05) is 23.7 Å². The van der Waals surface area contributed by atoms with Gasteiger partial charge in [-0.15, -0.1) is 11.3 Å². The molecule has 0 radical (unpaired) electrons. The van der Waals surface area contributed by atoms with Gasteiger partial charge in [-0.25, -0.2) is 4.98 Å². The molecule has 0 amide bonds. The highest BCUT2D eigenvalue weighted by atomic mass is 35.5. The summed E-state index contributed by atoms with van der Waals surface area (Å²) in [7, 11) is 1.71. The molecule has 0 unspecified atom stereocenters. The molecule has 5 heteroatoms. The third-order valence-electron chi connectivity index (χ3n) is 2.42. The first-order valence-corrected chi connectivity index (χ1v) is 6.78. The van der Waals surface area contributed by atoms with E-state index >= 15 is 0 Å². The SMILES string of the molecule is COCCc1ccc(OCc2cnc(Cl)s2)cc1. The summed E-state index contributed by atoms with van der Waals surface area (Å²) in [4.78, 5) is 4.98. The highest BCUT2D eigenvalue weighted by Gasteiger charge is 2.01. The number of aromatic nitrogens is 1. The maximum atomic E-state index is 5.75. The second-order valence-electron chi connectivity index (χ2n) is 3.75. The lowest BCUT2D eigenvalue weighted by molar-refractivity contribution is 0.202. The van der Waals surface area contributed by atoms with Crippen molar-refractivity contribution in [3.8, 4) is 5.75 Å². The molecule has 2 aromatic rings. The van der Waals surface area contributed by atoms with Crippen molar-refractivity contribution in [1.82, 2.24) is 4.98 Å². The van der Waals surface area contributed by atoms with Crippen molar-refractivity contribution in [1.29, 1.82) is 0 Å². The first-order valence-electron chi connectivity index (χ1n) is 5.59. The topological polar surface area (TPSA) is 31.4 Å². The lowest BCUT2D eigenvalue weighted by atomic mass is 10.1. The Morgan fingerprint density at radius 3 is 2.67 bits per heavy atom. The number of benzene rings is 1. The molecule has 0 aliphatic rings. The third kappa shape index (κ3) is 3.98. The summed E-state index contributed by atoms with van der Waals surface area (Å²) in [5.41, 5.74) is 1.24. The van der Waals surface area contributed by atoms with Crippen molar-refractivity contribution < 1.29 is 9.47 Å². The van der Waals surface area contributed by atoms with Gasteiger partial charge < -0.3 is 9.47 Å². The summed E-state index contributed by atoms with van der Waals surface area (Å²) < 4.78 is 11.2. The van der Waals surface area contributed by atoms with E-state index < -0.39 is 0 Å². The van der Waals surface area contributed by atoms with Gasteiger partial charge in [0.05, 0.1) is 11.5 Å². The molecule has 1 heterocycles. The van der Waals surface area contributed by atoms with Gasteiger partial charge in [0.15, 0.2) is 4.47 Å². The van der Waals surface area contributed by atoms with Crippen molar-refractivity contribution in [3.63, 3.8) is 0 Å². The monoisotopic (exact) mass is 283 g/mol. The Bertz CT molecular complexity index is 484. The van der Waals surface area contributed by atoms with E-state index in [2.05, 4.69) is 4.98 Å². The van der Waals surface area contributed by atoms with Gasteiger partial charge in [0.25, 0.3) is 0 Å². The summed E-state index contributed by atoms with van der Waals surface area (Å²) in [5, 5.41) is 0. The van der Waals surface area contributed by atoms with Gasteiger partial charge in [0, 0.05) is 13.3 Å². The summed E-state index contributed by atoms with van der Waals surface area (Å²) in [6.07, 6.45) is 2.65. The molecule has 1 aromatic carbocycles. The standard InChI is InChI=1S/C13H14ClNO2S/c1-16-7-6-10-2-4-11(5-3-10)17-9-12-8-15-13(14)18-12/h2-5,8H,6-7,9H2,1H3. The van der Waals surface area contributed by atoms with Crippen LogP contribution in [-0.4, -0.2) is 18.7 Å². The van der Waals surface area contributed by atoms with Crippen LogP contribution in [0.2, 0.25) is 4.47 Å². The zero-order chi connectivity index (χ0) is 12.8. The average molecular weight is 284 g/mol. The van der Waals surface area contributed by atoms with Crippen molar-refractivity contribution in [2.24, 2.45) is 0 Å². The molecule has 18 heavy (non-hydrogen) atoms. The number of halogens is 1. The van der Waals surface area contributed by atoms with Gasteiger partial charge in [-0.05, 0) is 24.1 Å². The van der Waals surface area contributed by atoms with Crippen LogP contribution in [-0.2, 0) is 17.8 Å². The predicted molar refractivity (Wildman–Crippen MR) is 73.5 cm³/mol. The largest absolute Gasteiger partial charge is 0.488 e. The number of thiazole rings is 1. The number of hydrogen-bond donors (Lipinski definition) is 0. The van der Waals surface area contributed by atoms with Crippen LogP contribution < -0.4 is 4.74 Å². The highest BCUT2D eigenvalue weighted by Crippen LogP contribution is 2.20. The molecule has 0 N–H and O–H groups in total. The minimum Gasteiger partial charge on any atom is -0.488 e. The summed E-state index contributed by atoms with van der Waals surface area (Å²) in [5.74, 6) is 0.848. The second kappa shape index (κ2) is 6.73. The fourth-order valence-corrected chi connectivity index (χ4v) is 2.37. The molecule has 0 bridgehead atoms. The predicted octanol–water partition coefficient (Wildman–Crippen LogP) is 3.56. The van der Waals surface area contributed by atoms with Gasteiger partial charge in [0.2, 0.25) is 0 Å². The molecule has 0 aliphatic carbocycles. The van der Waals surface area contributed by atoms with E-state index in [-0.39, 0.29) is 0 Å². The molecular weight excluding hydrogens is 270 g/mol. The molecule has 0 saturated carbocycles. The van der Waals surface area contributed by atoms with Crippen molar-refractivity contribution in [2.75, 3.05) is 13.7 Å². The smallest absolute Gasteiger partial charge is 0.183 e. The molecule has 0 spiro atoms. The lowest BCUT2D eigenvalue weighted by Crippen LogP contribution is -1.95. The number of methoxy groups -OCH3 is 1. The molecule has 96 valence electrons. The fraction of sp³-hybridized carbons (Fsp3) is 0.308. The molecule has 3 nitrogen and oxygen atoms in total. The molecule has 1 aromatic heterocycles. The van der Waals surface area contributed by atoms with Crippen molar-refractivity contribution in [2.45, 2.75) is 13.0 Å². The minimum absolute atomic E-state index is 0.502. The minimum atomic E-state index is 0.502. The Hall–Kier alpha value is -1.10. The molecule has 0 fully saturated rings. The molecular formula is C13H14ClNO2S. The van der Waals surface area contributed by atoms with Gasteiger partial charge in [0.1, 0.15) is 12.4 Å². The lowest BCUT2D eigenvalue weighted by Gasteiger charge is -2.05. The van der Waals surface area contributed by atoms with E-state index in [1.54, 1.807) is 13.3 Å². The Labute approximate surface area is 115 Å². The maximum absolute atomic E-state index is 5.75. The molecule has 2 rings (SSSR count). The number of hydrogen-bond acceptors (Lipinski definition) is 4. The van der Waals surface area contributed by atoms with Crippen LogP contribution in [0.5, 0.6) is 5.75 Å². The van der Waals surface area contributed by atoms with Crippen molar-refractivity contribution >= 4 is 22.9 Å². The summed E-state index contributed by atoms with van der Waals surface area (Å²) in [6.45, 7) is 1.24. The average Bonchev–Trinajstić information content (AvgIpc) is 2.81. The van der Waals surface area contributed by atoms with E-state index in [1.807, 2.05) is 24.3 Å². The Morgan fingerprint density at radius 1 is 1.28 bits per heavy atom. The Balaban J connectivity index is 1.86. The Morgan fingerprint density at radius 2 is 2.06 bits per heavy atom. The zero-order valence-electron chi connectivity index (χ0n) is 10.1. The van der Waals surface area contributed by atoms with Crippen LogP contribution in [0.25, 0.3) is 0 Å². The molecule has 0 saturated heterocycles. The summed E-state index contributed by atoms with van der Waals surface area (Å²) >= 11 is 7.19. The number of ether oxygens (including phenoxy) is 2. The number of nitrogens with zero attached hydrogens (tertiary/aromatic N) is 1. The van der Waals surface area contributed by atoms with Gasteiger partial charge >= 0.3 is 0 Å². The normalized spacial score (nSPS) is 10.6. The van der Waals surface area contributed by atoms with Crippen LogP contribution >= 0.6 is 22.9 Å². The van der Waals surface area contributed by atoms with Crippen molar-refractivity contribution in [3.05, 3.63) is 45.4 Å². The van der Waals surface area contributed by atoms with E-state index in [9.17, 15) is 0 Å². The fourth-order valence-electron chi connectivity index (χ4n) is 1.48. The maximum Gasteiger partial charge on any atom is 0.183 e. The van der Waals surface area contributed by atoms with E-state index in [0.29, 0.717) is 11.1 Å². The van der Waals surface area contributed by atoms with E-state index in [0.717, 1.165) is 23.7 Å². The second-order valence-corrected chi connectivity index (χ2v) is 5.45. The number of rotatable bonds is 6. The van der Waals surface area contributed by atoms with Crippen LogP contribution in [0.4, 0.5) is 0 Å². The molecule has 0 aliphatic heterocycles. The Kier molecular flexibility index (Phi) is 4.99. The third-order valence-corrected chi connectivity index (χ3v) is 3.51. The first-order chi connectivity index (χ1) is 8.78. The van der Waals surface area contributed by atoms with E-state index in [1.165, 1.54) is 16.9 Å². The molecule has 0 atom stereocenters. The quantitative estimate of drug-likeness (QED) is 0.812. The van der Waals surface area contributed by atoms with Crippen LogP contribution in [0.15, 0.2) is 30.5 Å². The van der Waals surface area contributed by atoms with Gasteiger partial charge in [-0.3, -0.25) is 0 Å². The van der Waals surface area contributed by atoms with Crippen LogP contribution in [0, 0.1) is 0 Å². The summed E-state index contributed by atoms with van der Waals surface area (Å²) in [6, 6.07) is 8.03. The van der Waals surface area contributed by atoms with Crippen LogP contribution in [0.3, 0.4) is 0 Å². The van der Waals surface area contributed by atoms with E-state index in [4.69, 9.17) is 21.1 Å².